The first-order valence-corrected chi connectivity index (χ1v) is 8.64. The highest BCUT2D eigenvalue weighted by molar-refractivity contribution is 5.92. The van der Waals surface area contributed by atoms with Gasteiger partial charge in [-0.3, -0.25) is 9.78 Å². The van der Waals surface area contributed by atoms with Crippen LogP contribution in [0.15, 0.2) is 42.9 Å². The Morgan fingerprint density at radius 1 is 1.20 bits per heavy atom. The lowest BCUT2D eigenvalue weighted by Crippen LogP contribution is -2.46. The zero-order valence-corrected chi connectivity index (χ0v) is 13.9. The number of anilines is 1. The zero-order chi connectivity index (χ0) is 17.1. The van der Waals surface area contributed by atoms with Gasteiger partial charge in [-0.1, -0.05) is 6.07 Å². The molecule has 7 heteroatoms. The van der Waals surface area contributed by atoms with Crippen LogP contribution in [0, 0.1) is 11.8 Å². The molecule has 25 heavy (non-hydrogen) atoms. The fourth-order valence-corrected chi connectivity index (χ4v) is 3.66. The SMILES string of the molecule is O=C(c1ccccn1)N1CC[C@H]2CO[C@H](CNc3ncccn3)[C@H]2C1. The van der Waals surface area contributed by atoms with Crippen LogP contribution < -0.4 is 5.32 Å². The maximum atomic E-state index is 12.7. The Bertz CT molecular complexity index is 712. The van der Waals surface area contributed by atoms with E-state index in [4.69, 9.17) is 4.74 Å². The van der Waals surface area contributed by atoms with E-state index in [-0.39, 0.29) is 12.0 Å². The van der Waals surface area contributed by atoms with Crippen molar-refractivity contribution in [3.63, 3.8) is 0 Å². The van der Waals surface area contributed by atoms with E-state index in [0.717, 1.165) is 19.6 Å². The minimum absolute atomic E-state index is 0.00375. The molecule has 0 bridgehead atoms. The van der Waals surface area contributed by atoms with Crippen molar-refractivity contribution in [3.05, 3.63) is 48.5 Å². The predicted molar refractivity (Wildman–Crippen MR) is 92.0 cm³/mol. The summed E-state index contributed by atoms with van der Waals surface area (Å²) < 4.78 is 5.98. The second kappa shape index (κ2) is 7.14. The minimum Gasteiger partial charge on any atom is -0.376 e. The van der Waals surface area contributed by atoms with Crippen LogP contribution in [-0.2, 0) is 4.74 Å². The average Bonchev–Trinajstić information content (AvgIpc) is 3.09. The van der Waals surface area contributed by atoms with Crippen molar-refractivity contribution in [2.24, 2.45) is 11.8 Å². The van der Waals surface area contributed by atoms with Crippen LogP contribution in [0.2, 0.25) is 0 Å². The van der Waals surface area contributed by atoms with Crippen molar-refractivity contribution in [3.8, 4) is 0 Å². The van der Waals surface area contributed by atoms with Gasteiger partial charge in [0, 0.05) is 44.1 Å². The molecule has 0 unspecified atom stereocenters. The largest absolute Gasteiger partial charge is 0.376 e. The van der Waals surface area contributed by atoms with Crippen LogP contribution in [0.4, 0.5) is 5.95 Å². The van der Waals surface area contributed by atoms with Gasteiger partial charge in [-0.25, -0.2) is 9.97 Å². The third-order valence-electron chi connectivity index (χ3n) is 5.01. The molecular weight excluding hydrogens is 318 g/mol. The summed E-state index contributed by atoms with van der Waals surface area (Å²) in [6.07, 6.45) is 6.11. The van der Waals surface area contributed by atoms with Gasteiger partial charge < -0.3 is 15.0 Å². The van der Waals surface area contributed by atoms with E-state index in [1.165, 1.54) is 0 Å². The fourth-order valence-electron chi connectivity index (χ4n) is 3.66. The number of aromatic nitrogens is 3. The standard InChI is InChI=1S/C18H21N5O2/c24-17(15-4-1-2-6-19-15)23-9-5-13-12-25-16(14(13)11-23)10-22-18-20-7-3-8-21-18/h1-4,6-8,13-14,16H,5,9-12H2,(H,20,21,22)/t13-,14-,16+/m0/s1. The Kier molecular flexibility index (Phi) is 4.56. The molecule has 130 valence electrons. The molecule has 0 saturated carbocycles. The van der Waals surface area contributed by atoms with Crippen molar-refractivity contribution in [2.75, 3.05) is 31.6 Å². The molecule has 1 N–H and O–H groups in total. The number of nitrogens with one attached hydrogen (secondary N) is 1. The topological polar surface area (TPSA) is 80.2 Å². The number of likely N-dealkylation sites (tertiary alicyclic amines) is 1. The van der Waals surface area contributed by atoms with Gasteiger partial charge in [-0.15, -0.1) is 0 Å². The van der Waals surface area contributed by atoms with E-state index in [1.807, 2.05) is 17.0 Å². The van der Waals surface area contributed by atoms with Crippen molar-refractivity contribution < 1.29 is 9.53 Å². The lowest BCUT2D eigenvalue weighted by atomic mass is 9.84. The highest BCUT2D eigenvalue weighted by Gasteiger charge is 2.42. The number of hydrogen-bond donors (Lipinski definition) is 1. The van der Waals surface area contributed by atoms with Crippen LogP contribution in [0.25, 0.3) is 0 Å². The molecule has 7 nitrogen and oxygen atoms in total. The second-order valence-electron chi connectivity index (χ2n) is 6.50. The number of pyridine rings is 1. The van der Waals surface area contributed by atoms with Crippen LogP contribution in [0.3, 0.4) is 0 Å². The Morgan fingerprint density at radius 2 is 2.04 bits per heavy atom. The van der Waals surface area contributed by atoms with Crippen LogP contribution in [0.1, 0.15) is 16.9 Å². The van der Waals surface area contributed by atoms with Gasteiger partial charge in [0.15, 0.2) is 0 Å². The van der Waals surface area contributed by atoms with E-state index in [2.05, 4.69) is 20.3 Å². The lowest BCUT2D eigenvalue weighted by Gasteiger charge is -2.35. The van der Waals surface area contributed by atoms with Gasteiger partial charge in [0.2, 0.25) is 5.95 Å². The normalized spacial score (nSPS) is 25.4. The Hall–Kier alpha value is -2.54. The maximum absolute atomic E-state index is 12.7. The first-order chi connectivity index (χ1) is 12.3. The molecule has 2 aliphatic rings. The number of carbonyl (C=O) groups excluding carboxylic acids is 1. The first kappa shape index (κ1) is 16.0. The number of piperidine rings is 1. The van der Waals surface area contributed by atoms with E-state index >= 15 is 0 Å². The summed E-state index contributed by atoms with van der Waals surface area (Å²) in [7, 11) is 0. The highest BCUT2D eigenvalue weighted by atomic mass is 16.5. The Morgan fingerprint density at radius 3 is 2.84 bits per heavy atom. The molecule has 2 aliphatic heterocycles. The van der Waals surface area contributed by atoms with Crippen LogP contribution in [-0.4, -0.2) is 58.1 Å². The van der Waals surface area contributed by atoms with Gasteiger partial charge in [0.1, 0.15) is 5.69 Å². The second-order valence-corrected chi connectivity index (χ2v) is 6.50. The number of ether oxygens (including phenoxy) is 1. The third kappa shape index (κ3) is 3.46. The molecule has 0 aromatic carbocycles. The third-order valence-corrected chi connectivity index (χ3v) is 5.01. The van der Waals surface area contributed by atoms with Gasteiger partial charge in [-0.05, 0) is 30.5 Å². The van der Waals surface area contributed by atoms with Gasteiger partial charge in [-0.2, -0.15) is 0 Å². The molecule has 4 heterocycles. The Balaban J connectivity index is 1.39. The molecule has 2 aromatic rings. The number of rotatable bonds is 4. The highest BCUT2D eigenvalue weighted by Crippen LogP contribution is 2.34. The van der Waals surface area contributed by atoms with Gasteiger partial charge in [0.05, 0.1) is 12.7 Å². The Labute approximate surface area is 146 Å². The van der Waals surface area contributed by atoms with E-state index < -0.39 is 0 Å². The summed E-state index contributed by atoms with van der Waals surface area (Å²) in [4.78, 5) is 27.1. The number of hydrogen-bond acceptors (Lipinski definition) is 6. The summed E-state index contributed by atoms with van der Waals surface area (Å²) in [5, 5.41) is 3.23. The lowest BCUT2D eigenvalue weighted by molar-refractivity contribution is 0.0571. The molecule has 2 fully saturated rings. The maximum Gasteiger partial charge on any atom is 0.272 e. The van der Waals surface area contributed by atoms with Crippen LogP contribution in [0.5, 0.6) is 0 Å². The molecule has 3 atom stereocenters. The first-order valence-electron chi connectivity index (χ1n) is 8.64. The van der Waals surface area contributed by atoms with E-state index in [1.54, 1.807) is 30.7 Å². The number of nitrogens with zero attached hydrogens (tertiary/aromatic N) is 4. The summed E-state index contributed by atoms with van der Waals surface area (Å²) in [6.45, 7) is 2.89. The van der Waals surface area contributed by atoms with Gasteiger partial charge in [0.25, 0.3) is 5.91 Å². The van der Waals surface area contributed by atoms with Crippen molar-refractivity contribution in [1.29, 1.82) is 0 Å². The summed E-state index contributed by atoms with van der Waals surface area (Å²) in [6, 6.07) is 7.22. The number of amides is 1. The molecule has 4 rings (SSSR count). The molecular formula is C18H21N5O2. The minimum atomic E-state index is 0.00375. The monoisotopic (exact) mass is 339 g/mol. The van der Waals surface area contributed by atoms with Crippen molar-refractivity contribution in [2.45, 2.75) is 12.5 Å². The average molecular weight is 339 g/mol. The van der Waals surface area contributed by atoms with Crippen molar-refractivity contribution >= 4 is 11.9 Å². The molecule has 2 aromatic heterocycles. The quantitative estimate of drug-likeness (QED) is 0.908. The number of carbonyl (C=O) groups is 1. The van der Waals surface area contributed by atoms with Crippen molar-refractivity contribution in [1.82, 2.24) is 19.9 Å². The molecule has 2 saturated heterocycles. The summed E-state index contributed by atoms with van der Waals surface area (Å²) in [5.41, 5.74) is 0.507. The molecule has 0 spiro atoms. The van der Waals surface area contributed by atoms with Crippen LogP contribution >= 0.6 is 0 Å². The predicted octanol–water partition coefficient (Wildman–Crippen LogP) is 1.46. The molecule has 0 radical (unpaired) electrons. The number of fused-ring (bicyclic) bond motifs is 1. The van der Waals surface area contributed by atoms with E-state index in [9.17, 15) is 4.79 Å². The van der Waals surface area contributed by atoms with Gasteiger partial charge >= 0.3 is 0 Å². The molecule has 0 aliphatic carbocycles. The summed E-state index contributed by atoms with van der Waals surface area (Å²) >= 11 is 0. The van der Waals surface area contributed by atoms with E-state index in [0.29, 0.717) is 36.6 Å². The summed E-state index contributed by atoms with van der Waals surface area (Å²) in [5.74, 6) is 1.45. The smallest absolute Gasteiger partial charge is 0.272 e. The molecule has 1 amide bonds. The fraction of sp³-hybridized carbons (Fsp3) is 0.444. The zero-order valence-electron chi connectivity index (χ0n) is 13.9.